The van der Waals surface area contributed by atoms with Gasteiger partial charge in [-0.15, -0.1) is 0 Å². The molecule has 8 aromatic rings. The van der Waals surface area contributed by atoms with Gasteiger partial charge in [0.25, 0.3) is 0 Å². The van der Waals surface area contributed by atoms with Crippen LogP contribution in [0.15, 0.2) is 118 Å². The van der Waals surface area contributed by atoms with Gasteiger partial charge in [-0.05, 0) is 97.7 Å². The highest BCUT2D eigenvalue weighted by Gasteiger charge is 2.19. The minimum atomic E-state index is 0.175. The lowest BCUT2D eigenvalue weighted by Gasteiger charge is -2.12. The average molecular weight is 843 g/mol. The van der Waals surface area contributed by atoms with Gasteiger partial charge in [0.1, 0.15) is 34.8 Å². The molecule has 0 unspecified atom stereocenters. The summed E-state index contributed by atoms with van der Waals surface area (Å²) in [7, 11) is 6.56. The highest BCUT2D eigenvalue weighted by Crippen LogP contribution is 2.39. The third-order valence-electron chi connectivity index (χ3n) is 9.68. The highest BCUT2D eigenvalue weighted by atomic mass is 32.2. The number of aromatic nitrogens is 8. The summed E-state index contributed by atoms with van der Waals surface area (Å²) in [4.78, 5) is 27.3. The Morgan fingerprint density at radius 1 is 0.667 bits per heavy atom. The number of imidazole rings is 2. The van der Waals surface area contributed by atoms with E-state index in [9.17, 15) is 0 Å². The zero-order valence-electron chi connectivity index (χ0n) is 34.2. The fraction of sp³-hybridized carbons (Fsp3) is 0.227. The Morgan fingerprint density at radius 3 is 1.83 bits per heavy atom. The lowest BCUT2D eigenvalue weighted by atomic mass is 10.1. The number of nitrogens with one attached hydrogen (secondary N) is 2. The van der Waals surface area contributed by atoms with Crippen LogP contribution in [0.2, 0.25) is 0 Å². The van der Waals surface area contributed by atoms with Crippen molar-refractivity contribution in [1.82, 2.24) is 39.0 Å². The van der Waals surface area contributed by atoms with Gasteiger partial charge in [-0.25, -0.2) is 24.9 Å². The smallest absolute Gasteiger partial charge is 0.175 e. The number of rotatable bonds is 14. The van der Waals surface area contributed by atoms with Gasteiger partial charge < -0.3 is 38.8 Å². The third-order valence-corrected chi connectivity index (χ3v) is 11.6. The van der Waals surface area contributed by atoms with Crippen LogP contribution in [0.5, 0.6) is 23.0 Å². The van der Waals surface area contributed by atoms with E-state index < -0.39 is 0 Å². The molecule has 8 rings (SSSR count). The van der Waals surface area contributed by atoms with Crippen molar-refractivity contribution in [2.75, 3.05) is 34.2 Å². The maximum atomic E-state index is 8.17. The summed E-state index contributed by atoms with van der Waals surface area (Å²) in [5.74, 6) is 3.34. The number of ether oxygens (including phenoxy) is 4. The van der Waals surface area contributed by atoms with Gasteiger partial charge in [0.2, 0.25) is 0 Å². The largest absolute Gasteiger partial charge is 0.497 e. The van der Waals surface area contributed by atoms with E-state index in [0.717, 1.165) is 63.0 Å². The van der Waals surface area contributed by atoms with Gasteiger partial charge >= 0.3 is 0 Å². The van der Waals surface area contributed by atoms with Gasteiger partial charge in [-0.3, -0.25) is 5.41 Å². The van der Waals surface area contributed by atoms with E-state index in [1.54, 1.807) is 34.8 Å². The molecule has 4 N–H and O–H groups in total. The van der Waals surface area contributed by atoms with Crippen molar-refractivity contribution in [1.29, 1.82) is 5.41 Å². The molecule has 0 saturated carbocycles. The van der Waals surface area contributed by atoms with Crippen molar-refractivity contribution in [2.24, 2.45) is 0 Å². The summed E-state index contributed by atoms with van der Waals surface area (Å²) >= 11 is 2.92. The van der Waals surface area contributed by atoms with E-state index >= 15 is 0 Å². The summed E-state index contributed by atoms with van der Waals surface area (Å²) in [5.41, 5.74) is 13.9. The van der Waals surface area contributed by atoms with E-state index in [1.165, 1.54) is 52.1 Å². The first-order valence-electron chi connectivity index (χ1n) is 19.0. The van der Waals surface area contributed by atoms with Crippen molar-refractivity contribution in [3.05, 3.63) is 125 Å². The maximum absolute atomic E-state index is 8.17. The van der Waals surface area contributed by atoms with Crippen LogP contribution in [0.25, 0.3) is 22.3 Å². The van der Waals surface area contributed by atoms with E-state index in [1.807, 2.05) is 41.0 Å². The van der Waals surface area contributed by atoms with Gasteiger partial charge in [0, 0.05) is 13.1 Å². The second kappa shape index (κ2) is 19.0. The molecule has 308 valence electrons. The first-order valence-corrected chi connectivity index (χ1v) is 20.7. The predicted octanol–water partition coefficient (Wildman–Crippen LogP) is 8.09. The number of H-pyrrole nitrogens is 1. The molecular weight excluding hydrogens is 797 g/mol. The normalized spacial score (nSPS) is 11.0. The van der Waals surface area contributed by atoms with Crippen molar-refractivity contribution in [3.63, 3.8) is 0 Å². The van der Waals surface area contributed by atoms with E-state index in [4.69, 9.17) is 40.1 Å². The number of aromatic amines is 1. The van der Waals surface area contributed by atoms with Crippen LogP contribution in [0, 0.1) is 19.3 Å². The number of nitrogens with two attached hydrogens (primary N) is 1. The predicted molar refractivity (Wildman–Crippen MR) is 235 cm³/mol. The maximum Gasteiger partial charge on any atom is 0.175 e. The van der Waals surface area contributed by atoms with Crippen molar-refractivity contribution >= 4 is 51.7 Å². The molecule has 0 amide bonds. The van der Waals surface area contributed by atoms with E-state index in [2.05, 4.69) is 86.9 Å². The number of nitrogens with zero attached hydrogens (tertiary/aromatic N) is 7. The molecule has 0 spiro atoms. The Morgan fingerprint density at radius 2 is 1.25 bits per heavy atom. The molecule has 0 fully saturated rings. The van der Waals surface area contributed by atoms with Crippen molar-refractivity contribution in [3.8, 4) is 23.0 Å². The summed E-state index contributed by atoms with van der Waals surface area (Å²) < 4.78 is 25.8. The SMILES string of the molecule is COc1ccc(OC)c(Sc2nc3c(N)ncnc3n2CCc2ccc(C)cc2)c1.COc1ccc(OC)c(Sc2nc3c([nH]2)c(=N)ncn3CCc2ccc(C)cc2)c1. The van der Waals surface area contributed by atoms with Gasteiger partial charge in [0.15, 0.2) is 38.4 Å². The first-order chi connectivity index (χ1) is 29.2. The minimum Gasteiger partial charge on any atom is -0.497 e. The topological polar surface area (TPSA) is 177 Å². The number of benzene rings is 4. The van der Waals surface area contributed by atoms with Crippen LogP contribution >= 0.6 is 23.5 Å². The molecule has 16 heteroatoms. The van der Waals surface area contributed by atoms with Crippen molar-refractivity contribution < 1.29 is 18.9 Å². The second-order valence-corrected chi connectivity index (χ2v) is 15.8. The number of hydrogen-bond acceptors (Lipinski definition) is 13. The van der Waals surface area contributed by atoms with Crippen molar-refractivity contribution in [2.45, 2.75) is 59.9 Å². The second-order valence-electron chi connectivity index (χ2n) is 13.7. The highest BCUT2D eigenvalue weighted by molar-refractivity contribution is 7.99. The number of aryl methyl sites for hydroxylation is 6. The lowest BCUT2D eigenvalue weighted by molar-refractivity contribution is 0.394. The Bertz CT molecular complexity index is 2790. The number of hydrogen-bond donors (Lipinski definition) is 3. The van der Waals surface area contributed by atoms with Crippen LogP contribution in [0.4, 0.5) is 5.82 Å². The molecule has 0 aliphatic heterocycles. The number of anilines is 1. The molecule has 14 nitrogen and oxygen atoms in total. The standard InChI is InChI=1S/2C22H23N5O2S/c1-14-4-6-15(7-5-14)10-11-27-13-24-20(23)19-21(27)26-22(25-19)30-18-12-16(28-2)8-9-17(18)29-3;1-14-4-6-15(7-5-14)10-11-27-21-19(20(23)24-13-25-21)26-22(27)30-18-12-16(28-2)8-9-17(18)29-3/h4-9,12-13,23H,10-11H2,1-3H3,(H,25,26);4-9,12-13H,10-11H2,1-3H3,(H2,23,24,25). The van der Waals surface area contributed by atoms with Gasteiger partial charge in [-0.1, -0.05) is 59.7 Å². The summed E-state index contributed by atoms with van der Waals surface area (Å²) in [6, 6.07) is 28.4. The van der Waals surface area contributed by atoms with Crippen LogP contribution < -0.4 is 30.2 Å². The zero-order valence-corrected chi connectivity index (χ0v) is 35.9. The fourth-order valence-corrected chi connectivity index (χ4v) is 8.29. The zero-order chi connectivity index (χ0) is 42.2. The molecule has 0 aliphatic carbocycles. The molecule has 4 aromatic heterocycles. The Hall–Kier alpha value is -6.52. The molecule has 0 radical (unpaired) electrons. The number of fused-ring (bicyclic) bond motifs is 2. The Kier molecular flexibility index (Phi) is 13.2. The first kappa shape index (κ1) is 41.6. The van der Waals surface area contributed by atoms with E-state index in [-0.39, 0.29) is 5.49 Å². The monoisotopic (exact) mass is 842 g/mol. The summed E-state index contributed by atoms with van der Waals surface area (Å²) in [6.07, 6.45) is 4.86. The average Bonchev–Trinajstić information content (AvgIpc) is 3.86. The molecule has 4 heterocycles. The Labute approximate surface area is 356 Å². The number of nitrogen functional groups attached to an aromatic ring is 1. The quantitative estimate of drug-likeness (QED) is 0.0961. The molecule has 4 aromatic carbocycles. The molecular formula is C44H46N10O4S2. The molecule has 60 heavy (non-hydrogen) atoms. The molecule has 0 saturated heterocycles. The van der Waals surface area contributed by atoms with Gasteiger partial charge in [-0.2, -0.15) is 0 Å². The molecule has 0 atom stereocenters. The Balaban J connectivity index is 0.000000181. The third kappa shape index (κ3) is 9.67. The summed E-state index contributed by atoms with van der Waals surface area (Å²) in [5, 5.41) is 9.61. The van der Waals surface area contributed by atoms with E-state index in [0.29, 0.717) is 34.2 Å². The van der Waals surface area contributed by atoms with Crippen LogP contribution in [-0.2, 0) is 25.9 Å². The van der Waals surface area contributed by atoms with Crippen LogP contribution in [0.3, 0.4) is 0 Å². The fourth-order valence-electron chi connectivity index (χ4n) is 6.32. The lowest BCUT2D eigenvalue weighted by Crippen LogP contribution is -2.13. The van der Waals surface area contributed by atoms with Crippen LogP contribution in [-0.4, -0.2) is 67.5 Å². The minimum absolute atomic E-state index is 0.175. The number of methoxy groups -OCH3 is 4. The molecule has 0 aliphatic rings. The van der Waals surface area contributed by atoms with Crippen LogP contribution in [0.1, 0.15) is 22.3 Å². The summed E-state index contributed by atoms with van der Waals surface area (Å²) in [6.45, 7) is 5.61. The molecule has 0 bridgehead atoms. The van der Waals surface area contributed by atoms with Gasteiger partial charge in [0.05, 0.1) is 44.6 Å².